The Balaban J connectivity index is 1.27. The molecule has 0 aliphatic heterocycles. The highest BCUT2D eigenvalue weighted by Crippen LogP contribution is 2.22. The number of aryl methyl sites for hydroxylation is 2. The van der Waals surface area contributed by atoms with Crippen LogP contribution in [0, 0.1) is 5.82 Å². The number of unbranched alkanes of at least 4 members (excludes halogenated alkanes) is 1. The first-order chi connectivity index (χ1) is 18.1. The van der Waals surface area contributed by atoms with Gasteiger partial charge in [0.15, 0.2) is 0 Å². The van der Waals surface area contributed by atoms with Gasteiger partial charge in [-0.25, -0.2) is 9.37 Å². The van der Waals surface area contributed by atoms with Gasteiger partial charge in [0.1, 0.15) is 17.4 Å². The van der Waals surface area contributed by atoms with Gasteiger partial charge in [0.2, 0.25) is 0 Å². The molecule has 3 aromatic carbocycles. The van der Waals surface area contributed by atoms with Gasteiger partial charge in [0.25, 0.3) is 5.91 Å². The van der Waals surface area contributed by atoms with Gasteiger partial charge in [0, 0.05) is 19.5 Å². The monoisotopic (exact) mass is 501 g/mol. The van der Waals surface area contributed by atoms with Crippen LogP contribution in [0.25, 0.3) is 11.0 Å². The normalized spacial score (nSPS) is 12.0. The zero-order valence-electron chi connectivity index (χ0n) is 21.8. The molecule has 194 valence electrons. The summed E-state index contributed by atoms with van der Waals surface area (Å²) < 4.78 is 22.1. The lowest BCUT2D eigenvalue weighted by molar-refractivity contribution is 0.0949. The highest BCUT2D eigenvalue weighted by molar-refractivity contribution is 5.94. The number of hydrogen-bond donors (Lipinski definition) is 1. The van der Waals surface area contributed by atoms with E-state index >= 15 is 0 Å². The van der Waals surface area contributed by atoms with E-state index in [1.165, 1.54) is 17.7 Å². The number of nitrogens with one attached hydrogen (secondary N) is 1. The molecule has 1 amide bonds. The van der Waals surface area contributed by atoms with Gasteiger partial charge in [0.05, 0.1) is 23.2 Å². The zero-order valence-corrected chi connectivity index (χ0v) is 21.8. The van der Waals surface area contributed by atoms with E-state index in [0.29, 0.717) is 19.1 Å². The molecule has 0 bridgehead atoms. The van der Waals surface area contributed by atoms with Crippen molar-refractivity contribution in [2.24, 2.45) is 0 Å². The topological polar surface area (TPSA) is 56.1 Å². The minimum absolute atomic E-state index is 0.0726. The first kappa shape index (κ1) is 26.4. The summed E-state index contributed by atoms with van der Waals surface area (Å²) in [4.78, 5) is 17.1. The Hall–Kier alpha value is -3.67. The largest absolute Gasteiger partial charge is 0.494 e. The zero-order chi connectivity index (χ0) is 26.0. The molecule has 0 radical (unpaired) electrons. The number of carbonyl (C=O) groups excluding carboxylic acids is 1. The van der Waals surface area contributed by atoms with Crippen LogP contribution in [0.1, 0.15) is 67.2 Å². The van der Waals surface area contributed by atoms with Crippen LogP contribution in [0.4, 0.5) is 4.39 Å². The first-order valence-electron chi connectivity index (χ1n) is 13.3. The van der Waals surface area contributed by atoms with E-state index in [4.69, 9.17) is 9.72 Å². The van der Waals surface area contributed by atoms with Crippen molar-refractivity contribution in [1.29, 1.82) is 0 Å². The second-order valence-corrected chi connectivity index (χ2v) is 9.44. The number of amides is 1. The molecule has 1 heterocycles. The summed E-state index contributed by atoms with van der Waals surface area (Å²) in [5.41, 5.74) is 3.52. The summed E-state index contributed by atoms with van der Waals surface area (Å²) >= 11 is 0. The van der Waals surface area contributed by atoms with Crippen molar-refractivity contribution in [2.45, 2.75) is 58.4 Å². The molecule has 0 fully saturated rings. The Morgan fingerprint density at radius 2 is 1.76 bits per heavy atom. The van der Waals surface area contributed by atoms with E-state index in [0.717, 1.165) is 61.3 Å². The fourth-order valence-electron chi connectivity index (χ4n) is 4.45. The number of carbonyl (C=O) groups is 1. The van der Waals surface area contributed by atoms with Crippen molar-refractivity contribution >= 4 is 16.9 Å². The number of halogens is 1. The molecule has 37 heavy (non-hydrogen) atoms. The fourth-order valence-corrected chi connectivity index (χ4v) is 4.45. The van der Waals surface area contributed by atoms with Gasteiger partial charge in [-0.15, -0.1) is 0 Å². The number of aromatic nitrogens is 2. The van der Waals surface area contributed by atoms with Crippen molar-refractivity contribution in [1.82, 2.24) is 14.9 Å². The molecule has 0 aliphatic rings. The second-order valence-electron chi connectivity index (χ2n) is 9.44. The van der Waals surface area contributed by atoms with Gasteiger partial charge < -0.3 is 14.6 Å². The van der Waals surface area contributed by atoms with Crippen LogP contribution in [0.3, 0.4) is 0 Å². The molecule has 1 aromatic heterocycles. The van der Waals surface area contributed by atoms with Crippen LogP contribution in [-0.2, 0) is 13.0 Å². The maximum atomic E-state index is 13.8. The number of nitrogens with zero attached hydrogens (tertiary/aromatic N) is 2. The Labute approximate surface area is 218 Å². The van der Waals surface area contributed by atoms with Gasteiger partial charge in [-0.2, -0.15) is 0 Å². The second kappa shape index (κ2) is 13.0. The Kier molecular flexibility index (Phi) is 9.30. The van der Waals surface area contributed by atoms with Crippen LogP contribution in [0.15, 0.2) is 72.8 Å². The standard InChI is InChI=1S/C31H36FN3O2/c1-3-23(2)24-16-18-25(19-17-24)37-22-9-8-21-35-29-14-7-6-13-28(29)34-30(35)15-10-20-33-31(36)26-11-4-5-12-27(26)32/h4-7,11-14,16-19,23H,3,8-10,15,20-22H2,1-2H3,(H,33,36). The van der Waals surface area contributed by atoms with Gasteiger partial charge >= 0.3 is 0 Å². The Bertz CT molecular complexity index is 1300. The molecule has 0 saturated carbocycles. The summed E-state index contributed by atoms with van der Waals surface area (Å²) in [5.74, 6) is 1.59. The average Bonchev–Trinajstić information content (AvgIpc) is 3.28. The SMILES string of the molecule is CCC(C)c1ccc(OCCCCn2c(CCCNC(=O)c3ccccc3F)nc3ccccc32)cc1. The van der Waals surface area contributed by atoms with E-state index < -0.39 is 5.82 Å². The quantitative estimate of drug-likeness (QED) is 0.203. The molecular formula is C31H36FN3O2. The highest BCUT2D eigenvalue weighted by Gasteiger charge is 2.12. The van der Waals surface area contributed by atoms with E-state index in [1.807, 2.05) is 18.2 Å². The lowest BCUT2D eigenvalue weighted by Gasteiger charge is -2.12. The molecule has 1 unspecified atom stereocenters. The van der Waals surface area contributed by atoms with Crippen LogP contribution < -0.4 is 10.1 Å². The van der Waals surface area contributed by atoms with E-state index in [-0.39, 0.29) is 11.5 Å². The van der Waals surface area contributed by atoms with Crippen LogP contribution >= 0.6 is 0 Å². The van der Waals surface area contributed by atoms with Crippen LogP contribution in [0.2, 0.25) is 0 Å². The number of fused-ring (bicyclic) bond motifs is 1. The number of ether oxygens (including phenoxy) is 1. The number of imidazole rings is 1. The Morgan fingerprint density at radius 1 is 1.00 bits per heavy atom. The van der Waals surface area contributed by atoms with Gasteiger partial charge in [-0.05, 0) is 73.6 Å². The molecule has 1 N–H and O–H groups in total. The summed E-state index contributed by atoms with van der Waals surface area (Å²) in [5, 5.41) is 2.82. The maximum absolute atomic E-state index is 13.8. The summed E-state index contributed by atoms with van der Waals surface area (Å²) in [6, 6.07) is 22.6. The third kappa shape index (κ3) is 6.97. The predicted octanol–water partition coefficient (Wildman–Crippen LogP) is 6.91. The van der Waals surface area contributed by atoms with Crippen molar-refractivity contribution in [3.8, 4) is 5.75 Å². The Morgan fingerprint density at radius 3 is 2.54 bits per heavy atom. The van der Waals surface area contributed by atoms with Crippen molar-refractivity contribution in [3.05, 3.63) is 95.6 Å². The molecule has 1 atom stereocenters. The van der Waals surface area contributed by atoms with Crippen LogP contribution in [0.5, 0.6) is 5.75 Å². The van der Waals surface area contributed by atoms with E-state index in [1.54, 1.807) is 12.1 Å². The molecule has 0 spiro atoms. The van der Waals surface area contributed by atoms with Crippen molar-refractivity contribution in [3.63, 3.8) is 0 Å². The molecule has 4 rings (SSSR count). The maximum Gasteiger partial charge on any atom is 0.254 e. The summed E-state index contributed by atoms with van der Waals surface area (Å²) in [6.07, 6.45) is 4.50. The number of para-hydroxylation sites is 2. The third-order valence-electron chi connectivity index (χ3n) is 6.82. The molecule has 6 heteroatoms. The molecule has 4 aromatic rings. The third-order valence-corrected chi connectivity index (χ3v) is 6.82. The molecule has 0 aliphatic carbocycles. The molecule has 0 saturated heterocycles. The lowest BCUT2D eigenvalue weighted by atomic mass is 9.99. The smallest absolute Gasteiger partial charge is 0.254 e. The van der Waals surface area contributed by atoms with Crippen LogP contribution in [-0.4, -0.2) is 28.6 Å². The fraction of sp³-hybridized carbons (Fsp3) is 0.355. The minimum Gasteiger partial charge on any atom is -0.494 e. The van der Waals surface area contributed by atoms with Gasteiger partial charge in [-0.1, -0.05) is 50.2 Å². The number of rotatable bonds is 13. The summed E-state index contributed by atoms with van der Waals surface area (Å²) in [7, 11) is 0. The molecular weight excluding hydrogens is 465 g/mol. The van der Waals surface area contributed by atoms with Crippen molar-refractivity contribution < 1.29 is 13.9 Å². The average molecular weight is 502 g/mol. The molecule has 5 nitrogen and oxygen atoms in total. The lowest BCUT2D eigenvalue weighted by Crippen LogP contribution is -2.25. The number of benzene rings is 3. The highest BCUT2D eigenvalue weighted by atomic mass is 19.1. The van der Waals surface area contributed by atoms with Crippen molar-refractivity contribution in [2.75, 3.05) is 13.2 Å². The minimum atomic E-state index is -0.506. The summed E-state index contributed by atoms with van der Waals surface area (Å²) in [6.45, 7) is 6.43. The van der Waals surface area contributed by atoms with E-state index in [9.17, 15) is 9.18 Å². The van der Waals surface area contributed by atoms with Gasteiger partial charge in [-0.3, -0.25) is 4.79 Å². The first-order valence-corrected chi connectivity index (χ1v) is 13.3. The van der Waals surface area contributed by atoms with E-state index in [2.05, 4.69) is 54.1 Å². The predicted molar refractivity (Wildman–Crippen MR) is 147 cm³/mol. The number of hydrogen-bond acceptors (Lipinski definition) is 3.